The standard InChI is InChI=1S/C26H26O2/c1-6-10-18-20(9-4)27-22-14-13-17-15-16(5)26-25(23(17)24(18)22)19(11-7-2)21(28-26)12-8-3/h6,9-15H,1,7-8H2,2-5H3/b18-10+,19-11+,20-9+,21-12+. The Bertz CT molecular complexity index is 1460. The first-order valence-corrected chi connectivity index (χ1v) is 10.0. The van der Waals surface area contributed by atoms with Gasteiger partial charge in [-0.2, -0.15) is 0 Å². The Labute approximate surface area is 164 Å². The average Bonchev–Trinajstić information content (AvgIpc) is 3.22. The van der Waals surface area contributed by atoms with Crippen LogP contribution < -0.4 is 21.3 Å². The van der Waals surface area contributed by atoms with Gasteiger partial charge in [0.15, 0.2) is 0 Å². The molecule has 142 valence electrons. The van der Waals surface area contributed by atoms with Gasteiger partial charge in [0.1, 0.15) is 22.0 Å². The van der Waals surface area contributed by atoms with Crippen molar-refractivity contribution in [3.8, 4) is 0 Å². The van der Waals surface area contributed by atoms with Crippen LogP contribution in [-0.2, 0) is 0 Å². The van der Waals surface area contributed by atoms with Crippen molar-refractivity contribution in [2.45, 2.75) is 40.5 Å². The monoisotopic (exact) mass is 370 g/mol. The Kier molecular flexibility index (Phi) is 4.72. The number of benzene rings is 2. The van der Waals surface area contributed by atoms with Crippen LogP contribution in [0.3, 0.4) is 0 Å². The Morgan fingerprint density at radius 2 is 1.71 bits per heavy atom. The lowest BCUT2D eigenvalue weighted by Gasteiger charge is -2.04. The lowest BCUT2D eigenvalue weighted by molar-refractivity contribution is 0.571. The van der Waals surface area contributed by atoms with Gasteiger partial charge in [-0.15, -0.1) is 0 Å². The normalized spacial score (nSPS) is 15.0. The van der Waals surface area contributed by atoms with Crippen molar-refractivity contribution in [2.75, 3.05) is 0 Å². The number of hydrogen-bond acceptors (Lipinski definition) is 2. The van der Waals surface area contributed by atoms with Crippen LogP contribution in [0.25, 0.3) is 57.0 Å². The molecule has 2 heteroatoms. The summed E-state index contributed by atoms with van der Waals surface area (Å²) in [5.74, 6) is 0. The summed E-state index contributed by atoms with van der Waals surface area (Å²) in [7, 11) is 0. The highest BCUT2D eigenvalue weighted by Gasteiger charge is 2.16. The molecule has 0 N–H and O–H groups in total. The number of rotatable bonds is 3. The highest BCUT2D eigenvalue weighted by molar-refractivity contribution is 6.19. The maximum atomic E-state index is 6.36. The molecule has 0 amide bonds. The Morgan fingerprint density at radius 3 is 2.39 bits per heavy atom. The minimum Gasteiger partial charge on any atom is -0.456 e. The zero-order chi connectivity index (χ0) is 19.8. The van der Waals surface area contributed by atoms with E-state index in [2.05, 4.69) is 57.7 Å². The van der Waals surface area contributed by atoms with Crippen LogP contribution in [0, 0.1) is 6.92 Å². The fourth-order valence-electron chi connectivity index (χ4n) is 4.17. The van der Waals surface area contributed by atoms with Gasteiger partial charge in [0.2, 0.25) is 0 Å². The predicted octanol–water partition coefficient (Wildman–Crippen LogP) is 4.79. The van der Waals surface area contributed by atoms with Crippen molar-refractivity contribution in [3.63, 3.8) is 0 Å². The molecule has 28 heavy (non-hydrogen) atoms. The summed E-state index contributed by atoms with van der Waals surface area (Å²) in [5.41, 5.74) is 4.85. The molecule has 4 aromatic rings. The van der Waals surface area contributed by atoms with Gasteiger partial charge in [0.05, 0.1) is 0 Å². The zero-order valence-electron chi connectivity index (χ0n) is 17.1. The van der Waals surface area contributed by atoms with Gasteiger partial charge in [-0.1, -0.05) is 44.7 Å². The van der Waals surface area contributed by atoms with Crippen LogP contribution >= 0.6 is 0 Å². The molecule has 0 aliphatic heterocycles. The van der Waals surface area contributed by atoms with Crippen molar-refractivity contribution < 1.29 is 8.83 Å². The number of hydrogen-bond donors (Lipinski definition) is 0. The van der Waals surface area contributed by atoms with Gasteiger partial charge in [-0.25, -0.2) is 0 Å². The fourth-order valence-corrected chi connectivity index (χ4v) is 4.17. The minimum absolute atomic E-state index is 0.876. The van der Waals surface area contributed by atoms with Crippen molar-refractivity contribution in [3.05, 3.63) is 57.7 Å². The molecule has 0 fully saturated rings. The second-order valence-corrected chi connectivity index (χ2v) is 7.11. The van der Waals surface area contributed by atoms with E-state index >= 15 is 0 Å². The molecule has 0 saturated heterocycles. The molecule has 0 aliphatic carbocycles. The summed E-state index contributed by atoms with van der Waals surface area (Å²) in [4.78, 5) is 0. The Balaban J connectivity index is 2.46. The molecule has 2 nitrogen and oxygen atoms in total. The largest absolute Gasteiger partial charge is 0.456 e. The molecule has 2 heterocycles. The van der Waals surface area contributed by atoms with E-state index in [-0.39, 0.29) is 0 Å². The van der Waals surface area contributed by atoms with E-state index in [1.807, 2.05) is 25.2 Å². The van der Waals surface area contributed by atoms with E-state index in [0.717, 1.165) is 51.0 Å². The molecular weight excluding hydrogens is 344 g/mol. The molecule has 0 unspecified atom stereocenters. The van der Waals surface area contributed by atoms with Crippen LogP contribution in [0.15, 0.2) is 39.7 Å². The van der Waals surface area contributed by atoms with Crippen LogP contribution in [-0.4, -0.2) is 0 Å². The molecule has 2 aromatic carbocycles. The minimum atomic E-state index is 0.876. The molecule has 0 aliphatic rings. The third-order valence-electron chi connectivity index (χ3n) is 5.25. The highest BCUT2D eigenvalue weighted by Crippen LogP contribution is 2.30. The molecular formula is C26H26O2. The summed E-state index contributed by atoms with van der Waals surface area (Å²) in [5, 5.41) is 6.98. The summed E-state index contributed by atoms with van der Waals surface area (Å²) in [6.45, 7) is 12.3. The lowest BCUT2D eigenvalue weighted by atomic mass is 9.98. The predicted molar refractivity (Wildman–Crippen MR) is 121 cm³/mol. The fraction of sp³-hybridized carbons (Fsp3) is 0.231. The topological polar surface area (TPSA) is 26.3 Å². The van der Waals surface area contributed by atoms with Gasteiger partial charge in [0.25, 0.3) is 0 Å². The maximum Gasteiger partial charge on any atom is 0.138 e. The van der Waals surface area contributed by atoms with E-state index in [0.29, 0.717) is 0 Å². The van der Waals surface area contributed by atoms with E-state index < -0.39 is 0 Å². The van der Waals surface area contributed by atoms with Crippen molar-refractivity contribution in [1.29, 1.82) is 0 Å². The van der Waals surface area contributed by atoms with Crippen LogP contribution in [0.1, 0.15) is 39.2 Å². The summed E-state index contributed by atoms with van der Waals surface area (Å²) < 4.78 is 12.5. The first-order chi connectivity index (χ1) is 13.6. The molecule has 4 rings (SSSR count). The van der Waals surface area contributed by atoms with Crippen molar-refractivity contribution in [1.82, 2.24) is 0 Å². The molecule has 0 saturated carbocycles. The van der Waals surface area contributed by atoms with E-state index in [4.69, 9.17) is 8.83 Å². The molecule has 0 bridgehead atoms. The summed E-state index contributed by atoms with van der Waals surface area (Å²) in [6, 6.07) is 6.43. The van der Waals surface area contributed by atoms with E-state index in [9.17, 15) is 0 Å². The molecule has 0 spiro atoms. The summed E-state index contributed by atoms with van der Waals surface area (Å²) in [6.07, 6.45) is 12.2. The van der Waals surface area contributed by atoms with Gasteiger partial charge in [-0.3, -0.25) is 0 Å². The molecule has 0 atom stereocenters. The third kappa shape index (κ3) is 2.63. The van der Waals surface area contributed by atoms with Gasteiger partial charge < -0.3 is 8.83 Å². The van der Waals surface area contributed by atoms with Gasteiger partial charge >= 0.3 is 0 Å². The van der Waals surface area contributed by atoms with Crippen molar-refractivity contribution >= 4 is 57.0 Å². The van der Waals surface area contributed by atoms with E-state index in [1.165, 1.54) is 21.4 Å². The second kappa shape index (κ2) is 7.20. The first kappa shape index (κ1) is 18.4. The number of allylic oxidation sites excluding steroid dienone is 1. The third-order valence-corrected chi connectivity index (χ3v) is 5.25. The summed E-state index contributed by atoms with van der Waals surface area (Å²) >= 11 is 0. The quantitative estimate of drug-likeness (QED) is 0.518. The smallest absolute Gasteiger partial charge is 0.138 e. The first-order valence-electron chi connectivity index (χ1n) is 10.0. The second-order valence-electron chi connectivity index (χ2n) is 7.11. The van der Waals surface area contributed by atoms with Crippen LogP contribution in [0.4, 0.5) is 0 Å². The molecule has 0 radical (unpaired) electrons. The van der Waals surface area contributed by atoms with Crippen molar-refractivity contribution in [2.24, 2.45) is 0 Å². The highest BCUT2D eigenvalue weighted by atomic mass is 16.3. The average molecular weight is 370 g/mol. The number of aryl methyl sites for hydroxylation is 1. The number of furan rings is 2. The Hall–Kier alpha value is -3.00. The van der Waals surface area contributed by atoms with Crippen LogP contribution in [0.5, 0.6) is 0 Å². The van der Waals surface area contributed by atoms with Gasteiger partial charge in [0, 0.05) is 26.6 Å². The molecule has 2 aromatic heterocycles. The van der Waals surface area contributed by atoms with Crippen LogP contribution in [0.2, 0.25) is 0 Å². The Morgan fingerprint density at radius 1 is 0.929 bits per heavy atom. The zero-order valence-corrected chi connectivity index (χ0v) is 17.1. The maximum absolute atomic E-state index is 6.36. The van der Waals surface area contributed by atoms with E-state index in [1.54, 1.807) is 0 Å². The van der Waals surface area contributed by atoms with Gasteiger partial charge in [-0.05, 0) is 61.9 Å². The SMILES string of the molecule is C=C/C=c1\c(=C/C)oc2ccc3cc(C)c4oc(=C/CC)/c(=C\CC)c4c3c12. The number of fused-ring (bicyclic) bond motifs is 5. The lowest BCUT2D eigenvalue weighted by Crippen LogP contribution is -2.21.